The van der Waals surface area contributed by atoms with Crippen LogP contribution >= 0.6 is 12.2 Å². The van der Waals surface area contributed by atoms with E-state index >= 15 is 0 Å². The Balaban J connectivity index is 1.43. The molecule has 2 aromatic carbocycles. The Labute approximate surface area is 192 Å². The Morgan fingerprint density at radius 3 is 2.69 bits per heavy atom. The molecule has 0 atom stereocenters. The van der Waals surface area contributed by atoms with Crippen molar-refractivity contribution >= 4 is 34.7 Å². The van der Waals surface area contributed by atoms with Gasteiger partial charge in [0.15, 0.2) is 10.6 Å². The van der Waals surface area contributed by atoms with Crippen molar-refractivity contribution in [2.24, 2.45) is 5.92 Å². The number of carbonyl (C=O) groups excluding carboxylic acids is 1. The Hall–Kier alpha value is -3.39. The van der Waals surface area contributed by atoms with E-state index in [1.807, 2.05) is 41.0 Å². The SMILES string of the molecule is COc1ccc(-c2n[nH]c(=S)n2CCC(=O)Nc2ccc3c(ccn3CC(C)C)c2)cc1. The number of aromatic nitrogens is 4. The summed E-state index contributed by atoms with van der Waals surface area (Å²) in [6.07, 6.45) is 2.38. The molecule has 0 saturated carbocycles. The van der Waals surface area contributed by atoms with Crippen LogP contribution in [0.4, 0.5) is 5.69 Å². The van der Waals surface area contributed by atoms with E-state index in [1.54, 1.807) is 7.11 Å². The summed E-state index contributed by atoms with van der Waals surface area (Å²) in [6.45, 7) is 5.80. The summed E-state index contributed by atoms with van der Waals surface area (Å²) in [5.74, 6) is 1.96. The second kappa shape index (κ2) is 9.40. The van der Waals surface area contributed by atoms with Gasteiger partial charge in [-0.2, -0.15) is 5.10 Å². The number of rotatable bonds is 8. The van der Waals surface area contributed by atoms with Gasteiger partial charge in [0, 0.05) is 47.9 Å². The van der Waals surface area contributed by atoms with E-state index in [1.165, 1.54) is 5.52 Å². The van der Waals surface area contributed by atoms with E-state index in [-0.39, 0.29) is 12.3 Å². The number of carbonyl (C=O) groups is 1. The van der Waals surface area contributed by atoms with E-state index in [4.69, 9.17) is 17.0 Å². The number of nitrogens with one attached hydrogen (secondary N) is 2. The van der Waals surface area contributed by atoms with E-state index in [2.05, 4.69) is 52.3 Å². The van der Waals surface area contributed by atoms with Gasteiger partial charge in [-0.3, -0.25) is 14.5 Å². The summed E-state index contributed by atoms with van der Waals surface area (Å²) in [5.41, 5.74) is 2.86. The van der Waals surface area contributed by atoms with Crippen molar-refractivity contribution in [3.63, 3.8) is 0 Å². The molecule has 0 aliphatic carbocycles. The maximum absolute atomic E-state index is 12.6. The molecule has 0 saturated heterocycles. The summed E-state index contributed by atoms with van der Waals surface area (Å²) >= 11 is 5.37. The van der Waals surface area contributed by atoms with Gasteiger partial charge in [0.05, 0.1) is 7.11 Å². The zero-order chi connectivity index (χ0) is 22.7. The van der Waals surface area contributed by atoms with E-state index in [9.17, 15) is 4.79 Å². The summed E-state index contributed by atoms with van der Waals surface area (Å²) in [6, 6.07) is 15.7. The Bertz CT molecular complexity index is 1280. The largest absolute Gasteiger partial charge is 0.497 e. The molecule has 0 bridgehead atoms. The van der Waals surface area contributed by atoms with Gasteiger partial charge in [-0.1, -0.05) is 13.8 Å². The smallest absolute Gasteiger partial charge is 0.226 e. The lowest BCUT2D eigenvalue weighted by Crippen LogP contribution is -2.15. The van der Waals surface area contributed by atoms with Crippen LogP contribution in [-0.2, 0) is 17.9 Å². The van der Waals surface area contributed by atoms with Gasteiger partial charge < -0.3 is 14.6 Å². The van der Waals surface area contributed by atoms with Crippen LogP contribution in [0, 0.1) is 10.7 Å². The third-order valence-corrected chi connectivity index (χ3v) is 5.60. The first kappa shape index (κ1) is 21.8. The van der Waals surface area contributed by atoms with Gasteiger partial charge in [0.2, 0.25) is 5.91 Å². The van der Waals surface area contributed by atoms with E-state index in [0.717, 1.165) is 28.9 Å². The zero-order valence-electron chi connectivity index (χ0n) is 18.5. The molecule has 0 spiro atoms. The molecular formula is C24H27N5O2S. The second-order valence-corrected chi connectivity index (χ2v) is 8.55. The maximum atomic E-state index is 12.6. The average molecular weight is 450 g/mol. The van der Waals surface area contributed by atoms with Crippen LogP contribution in [0.25, 0.3) is 22.3 Å². The summed E-state index contributed by atoms with van der Waals surface area (Å²) < 4.78 is 9.78. The predicted molar refractivity (Wildman–Crippen MR) is 129 cm³/mol. The fraction of sp³-hybridized carbons (Fsp3) is 0.292. The van der Waals surface area contributed by atoms with Crippen LogP contribution in [0.2, 0.25) is 0 Å². The fourth-order valence-corrected chi connectivity index (χ4v) is 3.98. The Morgan fingerprint density at radius 2 is 1.97 bits per heavy atom. The van der Waals surface area contributed by atoms with Crippen LogP contribution in [-0.4, -0.2) is 32.3 Å². The van der Waals surface area contributed by atoms with Crippen LogP contribution < -0.4 is 10.1 Å². The molecule has 0 fully saturated rings. The highest BCUT2D eigenvalue weighted by Gasteiger charge is 2.12. The molecule has 0 aliphatic heterocycles. The Morgan fingerprint density at radius 1 is 1.19 bits per heavy atom. The molecule has 1 amide bonds. The third kappa shape index (κ3) is 4.75. The lowest BCUT2D eigenvalue weighted by molar-refractivity contribution is -0.116. The van der Waals surface area contributed by atoms with Crippen molar-refractivity contribution in [2.75, 3.05) is 12.4 Å². The monoisotopic (exact) mass is 449 g/mol. The van der Waals surface area contributed by atoms with Crippen LogP contribution in [0.1, 0.15) is 20.3 Å². The summed E-state index contributed by atoms with van der Waals surface area (Å²) in [4.78, 5) is 12.6. The van der Waals surface area contributed by atoms with E-state index in [0.29, 0.717) is 23.1 Å². The predicted octanol–water partition coefficient (Wildman–Crippen LogP) is 5.26. The molecule has 32 heavy (non-hydrogen) atoms. The van der Waals surface area contributed by atoms with Crippen molar-refractivity contribution in [1.82, 2.24) is 19.3 Å². The van der Waals surface area contributed by atoms with Gasteiger partial charge in [-0.25, -0.2) is 0 Å². The first-order valence-electron chi connectivity index (χ1n) is 10.6. The summed E-state index contributed by atoms with van der Waals surface area (Å²) in [7, 11) is 1.63. The molecule has 2 aromatic heterocycles. The van der Waals surface area contributed by atoms with Crippen LogP contribution in [0.5, 0.6) is 5.75 Å². The molecule has 0 aliphatic rings. The minimum atomic E-state index is -0.0743. The average Bonchev–Trinajstić information content (AvgIpc) is 3.34. The number of nitrogens with zero attached hydrogens (tertiary/aromatic N) is 3. The van der Waals surface area contributed by atoms with E-state index < -0.39 is 0 Å². The molecule has 2 N–H and O–H groups in total. The maximum Gasteiger partial charge on any atom is 0.226 e. The van der Waals surface area contributed by atoms with Crippen molar-refractivity contribution in [2.45, 2.75) is 33.4 Å². The van der Waals surface area contributed by atoms with Gasteiger partial charge in [0.1, 0.15) is 5.75 Å². The molecule has 8 heteroatoms. The number of hydrogen-bond acceptors (Lipinski definition) is 4. The number of benzene rings is 2. The van der Waals surface area contributed by atoms with Crippen molar-refractivity contribution in [3.05, 3.63) is 59.5 Å². The molecule has 0 unspecified atom stereocenters. The highest BCUT2D eigenvalue weighted by molar-refractivity contribution is 7.71. The number of methoxy groups -OCH3 is 1. The number of aromatic amines is 1. The normalized spacial score (nSPS) is 11.2. The highest BCUT2D eigenvalue weighted by atomic mass is 32.1. The number of amides is 1. The molecule has 2 heterocycles. The molecule has 4 rings (SSSR count). The number of ether oxygens (including phenoxy) is 1. The molecule has 7 nitrogen and oxygen atoms in total. The minimum absolute atomic E-state index is 0.0743. The topological polar surface area (TPSA) is 76.9 Å². The van der Waals surface area contributed by atoms with Crippen molar-refractivity contribution in [1.29, 1.82) is 0 Å². The van der Waals surface area contributed by atoms with Crippen molar-refractivity contribution in [3.8, 4) is 17.1 Å². The lowest BCUT2D eigenvalue weighted by Gasteiger charge is -2.10. The van der Waals surface area contributed by atoms with Gasteiger partial charge in [-0.15, -0.1) is 0 Å². The zero-order valence-corrected chi connectivity index (χ0v) is 19.3. The van der Waals surface area contributed by atoms with Gasteiger partial charge in [-0.05, 0) is 66.7 Å². The van der Waals surface area contributed by atoms with Gasteiger partial charge >= 0.3 is 0 Å². The number of fused-ring (bicyclic) bond motifs is 1. The number of H-pyrrole nitrogens is 1. The quantitative estimate of drug-likeness (QED) is 0.360. The summed E-state index contributed by atoms with van der Waals surface area (Å²) in [5, 5.41) is 11.3. The second-order valence-electron chi connectivity index (χ2n) is 8.17. The van der Waals surface area contributed by atoms with Crippen molar-refractivity contribution < 1.29 is 9.53 Å². The third-order valence-electron chi connectivity index (χ3n) is 5.29. The molecule has 4 aromatic rings. The number of hydrogen-bond donors (Lipinski definition) is 2. The lowest BCUT2D eigenvalue weighted by atomic mass is 10.2. The van der Waals surface area contributed by atoms with Crippen LogP contribution in [0.3, 0.4) is 0 Å². The van der Waals surface area contributed by atoms with Crippen LogP contribution in [0.15, 0.2) is 54.7 Å². The first-order valence-corrected chi connectivity index (χ1v) is 11.0. The fourth-order valence-electron chi connectivity index (χ4n) is 3.75. The highest BCUT2D eigenvalue weighted by Crippen LogP contribution is 2.23. The molecule has 166 valence electrons. The standard InChI is InChI=1S/C24H27N5O2S/c1-16(2)15-28-12-10-18-14-19(6-9-21(18)28)25-22(30)11-13-29-23(26-27-24(29)32)17-4-7-20(31-3)8-5-17/h4-10,12,14,16H,11,13,15H2,1-3H3,(H,25,30)(H,27,32). The first-order chi connectivity index (χ1) is 15.4. The molecule has 0 radical (unpaired) electrons. The van der Waals surface area contributed by atoms with Gasteiger partial charge in [0.25, 0.3) is 0 Å². The number of anilines is 1. The Kier molecular flexibility index (Phi) is 6.41. The minimum Gasteiger partial charge on any atom is -0.497 e. The molecular weight excluding hydrogens is 422 g/mol.